The number of nitrogens with zero attached hydrogens (tertiary/aromatic N) is 1. The van der Waals surface area contributed by atoms with E-state index in [0.29, 0.717) is 24.9 Å². The summed E-state index contributed by atoms with van der Waals surface area (Å²) in [6.45, 7) is 1.72. The molecule has 12 nitrogen and oxygen atoms in total. The van der Waals surface area contributed by atoms with E-state index in [2.05, 4.69) is 38.5 Å². The van der Waals surface area contributed by atoms with Crippen LogP contribution in [0.15, 0.2) is 53.4 Å². The fourth-order valence-corrected chi connectivity index (χ4v) is 5.16. The zero-order chi connectivity index (χ0) is 30.0. The van der Waals surface area contributed by atoms with Crippen molar-refractivity contribution in [1.29, 1.82) is 0 Å². The zero-order valence-electron chi connectivity index (χ0n) is 22.6. The summed E-state index contributed by atoms with van der Waals surface area (Å²) in [5, 5.41) is 13.4. The van der Waals surface area contributed by atoms with Gasteiger partial charge in [-0.25, -0.2) is 23.1 Å². The molecule has 41 heavy (non-hydrogen) atoms. The number of sulfonamides is 1. The van der Waals surface area contributed by atoms with E-state index in [1.807, 2.05) is 6.92 Å². The van der Waals surface area contributed by atoms with Gasteiger partial charge in [-0.05, 0) is 90.4 Å². The molecule has 5 N–H and O–H groups in total. The number of hydrogen-bond donors (Lipinski definition) is 4. The largest absolute Gasteiger partial charge is 0.449 e. The number of primary sulfonamides is 1. The number of carbonyl (C=O) groups excluding carboxylic acids is 4. The van der Waals surface area contributed by atoms with Crippen LogP contribution < -0.4 is 26.0 Å². The molecule has 0 radical (unpaired) electrons. The van der Waals surface area contributed by atoms with Crippen molar-refractivity contribution in [3.05, 3.63) is 57.7 Å². The number of rotatable bonds is 10. The van der Waals surface area contributed by atoms with Crippen molar-refractivity contribution in [1.82, 2.24) is 16.0 Å². The molecule has 2 unspecified atom stereocenters. The third-order valence-corrected chi connectivity index (χ3v) is 8.12. The predicted molar refractivity (Wildman–Crippen MR) is 161 cm³/mol. The highest BCUT2D eigenvalue weighted by Gasteiger charge is 2.29. The summed E-state index contributed by atoms with van der Waals surface area (Å²) in [6, 6.07) is 10.4. The normalized spacial score (nSPS) is 16.8. The lowest BCUT2D eigenvalue weighted by molar-refractivity contribution is -0.121. The van der Waals surface area contributed by atoms with Gasteiger partial charge >= 0.3 is 12.1 Å². The van der Waals surface area contributed by atoms with Crippen LogP contribution in [0.4, 0.5) is 15.3 Å². The molecule has 1 aliphatic carbocycles. The van der Waals surface area contributed by atoms with Gasteiger partial charge in [0.2, 0.25) is 15.9 Å². The quantitative estimate of drug-likeness (QED) is 0.217. The molecular weight excluding hydrogens is 665 g/mol. The maximum Gasteiger partial charge on any atom is 0.422 e. The van der Waals surface area contributed by atoms with E-state index in [9.17, 15) is 27.6 Å². The number of halogens is 1. The Kier molecular flexibility index (Phi) is 11.9. The van der Waals surface area contributed by atoms with E-state index < -0.39 is 40.5 Å². The third kappa shape index (κ3) is 9.67. The number of urea groups is 1. The van der Waals surface area contributed by atoms with Gasteiger partial charge in [-0.3, -0.25) is 9.59 Å². The average Bonchev–Trinajstić information content (AvgIpc) is 2.94. The van der Waals surface area contributed by atoms with E-state index in [-0.39, 0.29) is 29.1 Å². The van der Waals surface area contributed by atoms with Gasteiger partial charge in [0.05, 0.1) is 23.7 Å². The fraction of sp³-hybridized carbons (Fsp3) is 0.407. The molecule has 3 rings (SSSR count). The van der Waals surface area contributed by atoms with Gasteiger partial charge in [-0.2, -0.15) is 4.90 Å². The minimum atomic E-state index is -3.88. The molecule has 14 heteroatoms. The summed E-state index contributed by atoms with van der Waals surface area (Å²) < 4.78 is 29.1. The SMILES string of the molecule is CCCCOC(=O)N(C(=O)NCC(=O)NC1CCCCC1NC(=O)c1ccc(S(N)(=O)=O)cc1)c1ccc(I)cc1. The lowest BCUT2D eigenvalue weighted by Gasteiger charge is -2.33. The summed E-state index contributed by atoms with van der Waals surface area (Å²) in [6.07, 6.45) is 3.56. The second-order valence-electron chi connectivity index (χ2n) is 9.55. The summed E-state index contributed by atoms with van der Waals surface area (Å²) in [4.78, 5) is 52.0. The minimum absolute atomic E-state index is 0.103. The highest BCUT2D eigenvalue weighted by Crippen LogP contribution is 2.20. The fourth-order valence-electron chi connectivity index (χ4n) is 4.28. The van der Waals surface area contributed by atoms with Crippen molar-refractivity contribution < 1.29 is 32.3 Å². The smallest absolute Gasteiger partial charge is 0.422 e. The Labute approximate surface area is 252 Å². The predicted octanol–water partition coefficient (Wildman–Crippen LogP) is 3.25. The number of nitrogens with two attached hydrogens (primary N) is 1. The highest BCUT2D eigenvalue weighted by atomic mass is 127. The van der Waals surface area contributed by atoms with E-state index in [4.69, 9.17) is 9.88 Å². The van der Waals surface area contributed by atoms with Crippen LogP contribution in [0.1, 0.15) is 55.8 Å². The standard InChI is InChI=1S/C27H34IN5O7S/c1-2-3-16-40-27(37)33(20-12-10-19(28)11-13-20)26(36)30-17-24(34)31-22-6-4-5-7-23(22)32-25(35)18-8-14-21(15-9-18)41(29,38)39/h8-15,22-23H,2-7,16-17H2,1H3,(H,30,36)(H,31,34)(H,32,35)(H2,29,38,39). The molecule has 1 saturated carbocycles. The number of hydrogen-bond acceptors (Lipinski definition) is 7. The number of imide groups is 1. The van der Waals surface area contributed by atoms with Crippen molar-refractivity contribution in [3.63, 3.8) is 0 Å². The van der Waals surface area contributed by atoms with Crippen molar-refractivity contribution >= 4 is 62.2 Å². The number of amides is 5. The van der Waals surface area contributed by atoms with Crippen molar-refractivity contribution in [2.45, 2.75) is 62.4 Å². The molecule has 0 heterocycles. The molecule has 2 aromatic rings. The van der Waals surface area contributed by atoms with Crippen molar-refractivity contribution in [2.24, 2.45) is 5.14 Å². The number of unbranched alkanes of at least 4 members (excludes halogenated alkanes) is 1. The number of nitrogens with one attached hydrogen (secondary N) is 3. The zero-order valence-corrected chi connectivity index (χ0v) is 25.6. The second kappa shape index (κ2) is 15.1. The van der Waals surface area contributed by atoms with Gasteiger partial charge in [0.15, 0.2) is 0 Å². The first-order valence-corrected chi connectivity index (χ1v) is 15.9. The van der Waals surface area contributed by atoms with Crippen LogP contribution in [-0.2, 0) is 19.6 Å². The van der Waals surface area contributed by atoms with E-state index in [0.717, 1.165) is 27.7 Å². The molecule has 5 amide bonds. The van der Waals surface area contributed by atoms with Crippen LogP contribution in [0.5, 0.6) is 0 Å². The Morgan fingerprint density at radius 2 is 1.59 bits per heavy atom. The first-order valence-electron chi connectivity index (χ1n) is 13.2. The van der Waals surface area contributed by atoms with Crippen molar-refractivity contribution in [2.75, 3.05) is 18.1 Å². The van der Waals surface area contributed by atoms with Crippen LogP contribution in [0, 0.1) is 3.57 Å². The van der Waals surface area contributed by atoms with Crippen LogP contribution in [0.3, 0.4) is 0 Å². The second-order valence-corrected chi connectivity index (χ2v) is 12.4. The monoisotopic (exact) mass is 699 g/mol. The molecule has 2 aromatic carbocycles. The Hall–Kier alpha value is -3.24. The average molecular weight is 700 g/mol. The summed E-state index contributed by atoms with van der Waals surface area (Å²) in [5.41, 5.74) is 0.554. The lowest BCUT2D eigenvalue weighted by atomic mass is 9.90. The summed E-state index contributed by atoms with van der Waals surface area (Å²) in [5.74, 6) is -0.899. The molecule has 0 spiro atoms. The van der Waals surface area contributed by atoms with Crippen molar-refractivity contribution in [3.8, 4) is 0 Å². The Morgan fingerprint density at radius 1 is 0.976 bits per heavy atom. The first-order chi connectivity index (χ1) is 19.5. The van der Waals surface area contributed by atoms with Crippen LogP contribution >= 0.6 is 22.6 Å². The third-order valence-electron chi connectivity index (χ3n) is 6.47. The number of benzene rings is 2. The van der Waals surface area contributed by atoms with E-state index >= 15 is 0 Å². The maximum atomic E-state index is 13.0. The summed E-state index contributed by atoms with van der Waals surface area (Å²) >= 11 is 2.11. The maximum absolute atomic E-state index is 13.0. The molecule has 1 fully saturated rings. The molecule has 222 valence electrons. The Bertz CT molecular complexity index is 1340. The number of carbonyl (C=O) groups is 4. The Morgan fingerprint density at radius 3 is 2.17 bits per heavy atom. The van der Waals surface area contributed by atoms with Gasteiger partial charge in [-0.1, -0.05) is 26.2 Å². The molecule has 0 saturated heterocycles. The molecule has 0 aliphatic heterocycles. The molecule has 0 aromatic heterocycles. The summed E-state index contributed by atoms with van der Waals surface area (Å²) in [7, 11) is -3.88. The highest BCUT2D eigenvalue weighted by molar-refractivity contribution is 14.1. The van der Waals surface area contributed by atoms with Crippen LogP contribution in [0.25, 0.3) is 0 Å². The van der Waals surface area contributed by atoms with Gasteiger partial charge in [0, 0.05) is 21.2 Å². The first kappa shape index (κ1) is 32.3. The number of ether oxygens (including phenoxy) is 1. The van der Waals surface area contributed by atoms with Gasteiger partial charge in [0.1, 0.15) is 0 Å². The molecular formula is C27H34IN5O7S. The molecule has 2 atom stereocenters. The molecule has 1 aliphatic rings. The van der Waals surface area contributed by atoms with E-state index in [1.54, 1.807) is 24.3 Å². The minimum Gasteiger partial charge on any atom is -0.449 e. The number of anilines is 1. The topological polar surface area (TPSA) is 177 Å². The Balaban J connectivity index is 1.60. The van der Waals surface area contributed by atoms with Gasteiger partial charge in [0.25, 0.3) is 5.91 Å². The van der Waals surface area contributed by atoms with Gasteiger partial charge < -0.3 is 20.7 Å². The van der Waals surface area contributed by atoms with Crippen LogP contribution in [0.2, 0.25) is 0 Å². The molecule has 0 bridgehead atoms. The lowest BCUT2D eigenvalue weighted by Crippen LogP contribution is -2.55. The van der Waals surface area contributed by atoms with Crippen LogP contribution in [-0.4, -0.2) is 57.6 Å². The van der Waals surface area contributed by atoms with Gasteiger partial charge in [-0.15, -0.1) is 0 Å². The van der Waals surface area contributed by atoms with E-state index in [1.165, 1.54) is 24.3 Å².